The first-order valence-electron chi connectivity index (χ1n) is 2.23. The molecule has 0 aliphatic carbocycles. The van der Waals surface area contributed by atoms with E-state index in [1.165, 1.54) is 0 Å². The molecule has 0 aliphatic heterocycles. The summed E-state index contributed by atoms with van der Waals surface area (Å²) in [4.78, 5) is 0. The number of hydrogen-bond donors (Lipinski definition) is 0. The monoisotopic (exact) mass is 179 g/mol. The van der Waals surface area contributed by atoms with E-state index in [1.54, 1.807) is 12.1 Å². The third-order valence-electron chi connectivity index (χ3n) is 0.815. The van der Waals surface area contributed by atoms with Crippen LogP contribution in [0, 0.1) is 6.07 Å². The molecular weight excluding hydrogens is 178 g/mol. The lowest BCUT2D eigenvalue weighted by Gasteiger charge is -1.91. The van der Waals surface area contributed by atoms with Crippen molar-refractivity contribution in [3.8, 4) is 0 Å². The molecule has 0 saturated heterocycles. The molecule has 47 valence electrons. The van der Waals surface area contributed by atoms with Crippen LogP contribution in [0.15, 0.2) is 12.1 Å². The Morgan fingerprint density at radius 3 is 2.22 bits per heavy atom. The normalized spacial score (nSPS) is 9.67. The lowest BCUT2D eigenvalue weighted by atomic mass is 10.4. The van der Waals surface area contributed by atoms with Crippen LogP contribution in [0.4, 0.5) is 0 Å². The van der Waals surface area contributed by atoms with Crippen molar-refractivity contribution in [3.63, 3.8) is 0 Å². The molecule has 1 rings (SSSR count). The van der Waals surface area contributed by atoms with Crippen molar-refractivity contribution in [2.45, 2.75) is 0 Å². The maximum atomic E-state index is 5.56. The first kappa shape index (κ1) is 7.20. The van der Waals surface area contributed by atoms with Gasteiger partial charge in [0.1, 0.15) is 0 Å². The number of halogens is 3. The van der Waals surface area contributed by atoms with Gasteiger partial charge in [0.25, 0.3) is 0 Å². The molecule has 0 aromatic heterocycles. The van der Waals surface area contributed by atoms with Crippen molar-refractivity contribution in [2.75, 3.05) is 0 Å². The quantitative estimate of drug-likeness (QED) is 0.537. The van der Waals surface area contributed by atoms with E-state index in [0.29, 0.717) is 15.1 Å². The van der Waals surface area contributed by atoms with E-state index in [1.807, 2.05) is 0 Å². The fraction of sp³-hybridized carbons (Fsp3) is 0. The Bertz CT molecular complexity index is 220. The highest BCUT2D eigenvalue weighted by molar-refractivity contribution is 6.42. The molecule has 0 aliphatic rings. The molecule has 0 atom stereocenters. The Kier molecular flexibility index (Phi) is 2.23. The van der Waals surface area contributed by atoms with Gasteiger partial charge in [0, 0.05) is 6.07 Å². The molecule has 0 nitrogen and oxygen atoms in total. The highest BCUT2D eigenvalue weighted by atomic mass is 35.5. The minimum absolute atomic E-state index is 0.365. The van der Waals surface area contributed by atoms with Crippen LogP contribution in [-0.2, 0) is 0 Å². The molecule has 9 heavy (non-hydrogen) atoms. The molecule has 0 unspecified atom stereocenters. The second kappa shape index (κ2) is 2.78. The molecule has 0 amide bonds. The Hall–Kier alpha value is 0.0900. The zero-order valence-corrected chi connectivity index (χ0v) is 6.56. The van der Waals surface area contributed by atoms with E-state index < -0.39 is 0 Å². The molecule has 1 radical (unpaired) electrons. The van der Waals surface area contributed by atoms with Crippen molar-refractivity contribution in [2.24, 2.45) is 0 Å². The van der Waals surface area contributed by atoms with E-state index in [2.05, 4.69) is 6.07 Å². The van der Waals surface area contributed by atoms with E-state index in [-0.39, 0.29) is 0 Å². The third-order valence-corrected chi connectivity index (χ3v) is 1.75. The lowest BCUT2D eigenvalue weighted by Crippen LogP contribution is -1.67. The zero-order chi connectivity index (χ0) is 6.85. The summed E-state index contributed by atoms with van der Waals surface area (Å²) in [7, 11) is 0. The highest BCUT2D eigenvalue weighted by Crippen LogP contribution is 2.23. The summed E-state index contributed by atoms with van der Waals surface area (Å²) in [6, 6.07) is 5.90. The molecule has 0 spiro atoms. The Morgan fingerprint density at radius 2 is 1.78 bits per heavy atom. The van der Waals surface area contributed by atoms with Crippen molar-refractivity contribution >= 4 is 34.8 Å². The van der Waals surface area contributed by atoms with Gasteiger partial charge in [-0.3, -0.25) is 0 Å². The predicted octanol–water partition coefficient (Wildman–Crippen LogP) is 3.45. The van der Waals surface area contributed by atoms with Crippen LogP contribution in [-0.4, -0.2) is 0 Å². The maximum absolute atomic E-state index is 5.56. The van der Waals surface area contributed by atoms with Gasteiger partial charge in [-0.05, 0) is 12.1 Å². The first-order chi connectivity index (χ1) is 4.20. The van der Waals surface area contributed by atoms with E-state index >= 15 is 0 Å². The van der Waals surface area contributed by atoms with E-state index in [0.717, 1.165) is 0 Å². The van der Waals surface area contributed by atoms with E-state index in [4.69, 9.17) is 34.8 Å². The number of hydrogen-bond acceptors (Lipinski definition) is 0. The summed E-state index contributed by atoms with van der Waals surface area (Å²) in [5.41, 5.74) is 0. The average molecular weight is 180 g/mol. The minimum Gasteiger partial charge on any atom is -0.0836 e. The molecule has 0 fully saturated rings. The van der Waals surface area contributed by atoms with Crippen molar-refractivity contribution in [1.29, 1.82) is 0 Å². The van der Waals surface area contributed by atoms with Crippen LogP contribution in [0.3, 0.4) is 0 Å². The van der Waals surface area contributed by atoms with Gasteiger partial charge >= 0.3 is 0 Å². The van der Waals surface area contributed by atoms with Crippen LogP contribution in [0.5, 0.6) is 0 Å². The summed E-state index contributed by atoms with van der Waals surface area (Å²) in [6.07, 6.45) is 0. The minimum atomic E-state index is 0.365. The molecular formula is C6H2Cl3. The standard InChI is InChI=1S/C6H2Cl3/c7-4-1-2-5(8)6(9)3-4/h1-2H. The second-order valence-electron chi connectivity index (χ2n) is 1.47. The van der Waals surface area contributed by atoms with Crippen molar-refractivity contribution in [1.82, 2.24) is 0 Å². The average Bonchev–Trinajstić information content (AvgIpc) is 1.80. The van der Waals surface area contributed by atoms with Crippen molar-refractivity contribution < 1.29 is 0 Å². The van der Waals surface area contributed by atoms with E-state index in [9.17, 15) is 0 Å². The molecule has 3 heteroatoms. The summed E-state index contributed by atoms with van der Waals surface area (Å²) in [5, 5.41) is 1.31. The van der Waals surface area contributed by atoms with Gasteiger partial charge in [0.15, 0.2) is 0 Å². The zero-order valence-electron chi connectivity index (χ0n) is 4.29. The smallest absolute Gasteiger partial charge is 0.0686 e. The lowest BCUT2D eigenvalue weighted by molar-refractivity contribution is 1.69. The Balaban J connectivity index is 3.17. The van der Waals surface area contributed by atoms with Gasteiger partial charge in [-0.1, -0.05) is 34.8 Å². The summed E-state index contributed by atoms with van der Waals surface area (Å²) in [5.74, 6) is 0. The SMILES string of the molecule is Clc1[c]c(Cl)c(Cl)cc1. The Labute approximate surface area is 68.3 Å². The van der Waals surface area contributed by atoms with Crippen LogP contribution in [0.1, 0.15) is 0 Å². The van der Waals surface area contributed by atoms with Crippen LogP contribution in [0.25, 0.3) is 0 Å². The molecule has 0 saturated carbocycles. The first-order valence-corrected chi connectivity index (χ1v) is 3.36. The molecule has 0 N–H and O–H groups in total. The number of benzene rings is 1. The number of rotatable bonds is 0. The van der Waals surface area contributed by atoms with Gasteiger partial charge in [0.2, 0.25) is 0 Å². The predicted molar refractivity (Wildman–Crippen MR) is 40.3 cm³/mol. The largest absolute Gasteiger partial charge is 0.0836 e. The Morgan fingerprint density at radius 1 is 1.11 bits per heavy atom. The molecule has 0 heterocycles. The van der Waals surface area contributed by atoms with Crippen LogP contribution >= 0.6 is 34.8 Å². The maximum Gasteiger partial charge on any atom is 0.0686 e. The fourth-order valence-electron chi connectivity index (χ4n) is 0.426. The highest BCUT2D eigenvalue weighted by Gasteiger charge is 1.95. The third kappa shape index (κ3) is 1.75. The summed E-state index contributed by atoms with van der Waals surface area (Å²) >= 11 is 16.6. The summed E-state index contributed by atoms with van der Waals surface area (Å²) in [6.45, 7) is 0. The summed E-state index contributed by atoms with van der Waals surface area (Å²) < 4.78 is 0. The van der Waals surface area contributed by atoms with Gasteiger partial charge in [-0.2, -0.15) is 0 Å². The topological polar surface area (TPSA) is 0 Å². The molecule has 1 aromatic carbocycles. The van der Waals surface area contributed by atoms with Gasteiger partial charge in [-0.25, -0.2) is 0 Å². The molecule has 1 aromatic rings. The van der Waals surface area contributed by atoms with Crippen molar-refractivity contribution in [3.05, 3.63) is 33.3 Å². The molecule has 0 bridgehead atoms. The van der Waals surface area contributed by atoms with Gasteiger partial charge in [0.05, 0.1) is 15.1 Å². The fourth-order valence-corrected chi connectivity index (χ4v) is 0.907. The van der Waals surface area contributed by atoms with Crippen LogP contribution in [0.2, 0.25) is 15.1 Å². The van der Waals surface area contributed by atoms with Gasteiger partial charge < -0.3 is 0 Å². The van der Waals surface area contributed by atoms with Gasteiger partial charge in [-0.15, -0.1) is 0 Å². The second-order valence-corrected chi connectivity index (χ2v) is 2.66. The van der Waals surface area contributed by atoms with Crippen LogP contribution < -0.4 is 0 Å².